The predicted molar refractivity (Wildman–Crippen MR) is 106 cm³/mol. The fourth-order valence-corrected chi connectivity index (χ4v) is 3.20. The van der Waals surface area contributed by atoms with E-state index in [4.69, 9.17) is 4.74 Å². The van der Waals surface area contributed by atoms with Crippen molar-refractivity contribution in [2.75, 3.05) is 37.4 Å². The Bertz CT molecular complexity index is 850. The van der Waals surface area contributed by atoms with Crippen LogP contribution < -0.4 is 10.6 Å². The fourth-order valence-electron chi connectivity index (χ4n) is 3.20. The molecule has 2 amide bonds. The lowest BCUT2D eigenvalue weighted by Crippen LogP contribution is -2.30. The first-order valence-corrected chi connectivity index (χ1v) is 9.21. The molecule has 1 saturated heterocycles. The Balaban J connectivity index is 1.63. The van der Waals surface area contributed by atoms with Gasteiger partial charge in [-0.15, -0.1) is 0 Å². The Morgan fingerprint density at radius 2 is 1.93 bits per heavy atom. The van der Waals surface area contributed by atoms with Gasteiger partial charge in [0.05, 0.1) is 12.5 Å². The highest BCUT2D eigenvalue weighted by Gasteiger charge is 2.34. The van der Waals surface area contributed by atoms with Crippen molar-refractivity contribution in [3.05, 3.63) is 41.7 Å². The lowest BCUT2D eigenvalue weighted by Gasteiger charge is -2.16. The van der Waals surface area contributed by atoms with Crippen LogP contribution in [0.25, 0.3) is 0 Å². The number of rotatable bonds is 7. The number of hydrogen-bond donors (Lipinski definition) is 2. The number of anilines is 3. The van der Waals surface area contributed by atoms with Crippen LogP contribution in [0.5, 0.6) is 0 Å². The molecule has 0 aliphatic carbocycles. The molecule has 2 aromatic rings. The van der Waals surface area contributed by atoms with E-state index in [0.717, 1.165) is 17.1 Å². The Labute approximate surface area is 164 Å². The molecule has 1 atom stereocenters. The lowest BCUT2D eigenvalue weighted by atomic mass is 10.1. The number of methoxy groups -OCH3 is 1. The first-order valence-electron chi connectivity index (χ1n) is 9.21. The van der Waals surface area contributed by atoms with Crippen molar-refractivity contribution >= 4 is 29.1 Å². The lowest BCUT2D eigenvalue weighted by molar-refractivity contribution is -0.128. The Morgan fingerprint density at radius 1 is 1.21 bits per heavy atom. The Kier molecular flexibility index (Phi) is 6.20. The van der Waals surface area contributed by atoms with E-state index in [1.165, 1.54) is 0 Å². The molecular formula is C20H25N5O3. The van der Waals surface area contributed by atoms with Crippen molar-refractivity contribution in [3.8, 4) is 0 Å². The van der Waals surface area contributed by atoms with E-state index in [9.17, 15) is 9.59 Å². The number of carbonyl (C=O) groups is 2. The van der Waals surface area contributed by atoms with Crippen LogP contribution in [0.3, 0.4) is 0 Å². The van der Waals surface area contributed by atoms with E-state index < -0.39 is 0 Å². The van der Waals surface area contributed by atoms with Crippen molar-refractivity contribution < 1.29 is 14.3 Å². The highest BCUT2D eigenvalue weighted by atomic mass is 16.5. The number of aromatic nitrogens is 2. The summed E-state index contributed by atoms with van der Waals surface area (Å²) in [6.07, 6.45) is 0.226. The summed E-state index contributed by atoms with van der Waals surface area (Å²) in [5.41, 5.74) is 3.18. The SMILES string of the molecule is COCCN1CC(C(=O)Nc2cccc(Nc3nc(C)cc(C)n3)c2)CC1=O. The third-order valence-corrected chi connectivity index (χ3v) is 4.52. The minimum Gasteiger partial charge on any atom is -0.383 e. The predicted octanol–water partition coefficient (Wildman–Crippen LogP) is 2.27. The maximum Gasteiger partial charge on any atom is 0.229 e. The quantitative estimate of drug-likeness (QED) is 0.761. The second kappa shape index (κ2) is 8.79. The number of amides is 2. The molecule has 8 heteroatoms. The molecule has 2 heterocycles. The van der Waals surface area contributed by atoms with Gasteiger partial charge in [0.15, 0.2) is 0 Å². The molecule has 1 aliphatic rings. The van der Waals surface area contributed by atoms with Crippen LogP contribution >= 0.6 is 0 Å². The number of nitrogens with zero attached hydrogens (tertiary/aromatic N) is 3. The maximum atomic E-state index is 12.6. The number of hydrogen-bond acceptors (Lipinski definition) is 6. The van der Waals surface area contributed by atoms with E-state index in [1.807, 2.05) is 44.2 Å². The maximum absolute atomic E-state index is 12.6. The second-order valence-corrected chi connectivity index (χ2v) is 6.90. The van der Waals surface area contributed by atoms with E-state index in [1.54, 1.807) is 12.0 Å². The number of aryl methyl sites for hydroxylation is 2. The summed E-state index contributed by atoms with van der Waals surface area (Å²) in [6.45, 7) is 5.22. The summed E-state index contributed by atoms with van der Waals surface area (Å²) in [6, 6.07) is 9.25. The molecule has 1 unspecified atom stereocenters. The zero-order valence-corrected chi connectivity index (χ0v) is 16.4. The van der Waals surface area contributed by atoms with Crippen LogP contribution in [0.4, 0.5) is 17.3 Å². The zero-order valence-electron chi connectivity index (χ0n) is 16.4. The van der Waals surface area contributed by atoms with Crippen LogP contribution in [0.2, 0.25) is 0 Å². The van der Waals surface area contributed by atoms with Gasteiger partial charge in [-0.25, -0.2) is 9.97 Å². The van der Waals surface area contributed by atoms with Gasteiger partial charge in [0.2, 0.25) is 17.8 Å². The van der Waals surface area contributed by atoms with Gasteiger partial charge in [0.1, 0.15) is 0 Å². The summed E-state index contributed by atoms with van der Waals surface area (Å²) >= 11 is 0. The molecule has 0 radical (unpaired) electrons. The van der Waals surface area contributed by atoms with Gasteiger partial charge in [-0.2, -0.15) is 0 Å². The van der Waals surface area contributed by atoms with Crippen molar-refractivity contribution in [1.82, 2.24) is 14.9 Å². The molecular weight excluding hydrogens is 358 g/mol. The van der Waals surface area contributed by atoms with Gasteiger partial charge >= 0.3 is 0 Å². The molecule has 3 rings (SSSR count). The van der Waals surface area contributed by atoms with Crippen LogP contribution in [-0.2, 0) is 14.3 Å². The van der Waals surface area contributed by atoms with Crippen molar-refractivity contribution in [1.29, 1.82) is 0 Å². The largest absolute Gasteiger partial charge is 0.383 e. The van der Waals surface area contributed by atoms with E-state index in [2.05, 4.69) is 20.6 Å². The second-order valence-electron chi connectivity index (χ2n) is 6.90. The smallest absolute Gasteiger partial charge is 0.229 e. The van der Waals surface area contributed by atoms with Crippen molar-refractivity contribution in [2.24, 2.45) is 5.92 Å². The van der Waals surface area contributed by atoms with Gasteiger partial charge < -0.3 is 20.3 Å². The topological polar surface area (TPSA) is 96.5 Å². The number of benzene rings is 1. The third-order valence-electron chi connectivity index (χ3n) is 4.52. The first kappa shape index (κ1) is 19.8. The molecule has 0 bridgehead atoms. The van der Waals surface area contributed by atoms with Crippen molar-refractivity contribution in [2.45, 2.75) is 20.3 Å². The van der Waals surface area contributed by atoms with Crippen LogP contribution in [0.1, 0.15) is 17.8 Å². The molecule has 1 aromatic carbocycles. The van der Waals surface area contributed by atoms with E-state index in [-0.39, 0.29) is 24.2 Å². The zero-order chi connectivity index (χ0) is 20.1. The van der Waals surface area contributed by atoms with Gasteiger partial charge in [-0.3, -0.25) is 9.59 Å². The minimum atomic E-state index is -0.358. The van der Waals surface area contributed by atoms with Gasteiger partial charge in [-0.05, 0) is 38.1 Å². The van der Waals surface area contributed by atoms with Gasteiger partial charge in [0, 0.05) is 49.4 Å². The van der Waals surface area contributed by atoms with E-state index >= 15 is 0 Å². The summed E-state index contributed by atoms with van der Waals surface area (Å²) < 4.78 is 5.01. The molecule has 1 fully saturated rings. The standard InChI is InChI=1S/C20H25N5O3/c1-13-9-14(2)22-20(21-13)24-17-6-4-5-16(11-17)23-19(27)15-10-18(26)25(12-15)7-8-28-3/h4-6,9,11,15H,7-8,10,12H2,1-3H3,(H,23,27)(H,21,22,24). The Morgan fingerprint density at radius 3 is 2.64 bits per heavy atom. The number of likely N-dealkylation sites (tertiary alicyclic amines) is 1. The molecule has 1 aliphatic heterocycles. The molecule has 0 spiro atoms. The van der Waals surface area contributed by atoms with Crippen LogP contribution in [-0.4, -0.2) is 53.5 Å². The highest BCUT2D eigenvalue weighted by molar-refractivity contribution is 5.97. The molecule has 0 saturated carbocycles. The summed E-state index contributed by atoms with van der Waals surface area (Å²) in [5, 5.41) is 6.06. The molecule has 1 aromatic heterocycles. The van der Waals surface area contributed by atoms with Crippen molar-refractivity contribution in [3.63, 3.8) is 0 Å². The molecule has 28 heavy (non-hydrogen) atoms. The summed E-state index contributed by atoms with van der Waals surface area (Å²) in [4.78, 5) is 35.0. The average molecular weight is 383 g/mol. The summed E-state index contributed by atoms with van der Waals surface area (Å²) in [7, 11) is 1.59. The molecule has 2 N–H and O–H groups in total. The van der Waals surface area contributed by atoms with Crippen LogP contribution in [0.15, 0.2) is 30.3 Å². The molecule has 148 valence electrons. The minimum absolute atomic E-state index is 0.0143. The average Bonchev–Trinajstić information content (AvgIpc) is 3.00. The molecule has 8 nitrogen and oxygen atoms in total. The highest BCUT2D eigenvalue weighted by Crippen LogP contribution is 2.22. The van der Waals surface area contributed by atoms with Gasteiger partial charge in [0.25, 0.3) is 0 Å². The van der Waals surface area contributed by atoms with Crippen LogP contribution in [0, 0.1) is 19.8 Å². The number of ether oxygens (including phenoxy) is 1. The summed E-state index contributed by atoms with van der Waals surface area (Å²) in [5.74, 6) is -0.0208. The normalized spacial score (nSPS) is 16.3. The Hall–Kier alpha value is -3.00. The first-order chi connectivity index (χ1) is 13.4. The third kappa shape index (κ3) is 5.04. The van der Waals surface area contributed by atoms with Gasteiger partial charge in [-0.1, -0.05) is 6.07 Å². The monoisotopic (exact) mass is 383 g/mol. The fraction of sp³-hybridized carbons (Fsp3) is 0.400. The van der Waals surface area contributed by atoms with E-state index in [0.29, 0.717) is 31.3 Å². The number of carbonyl (C=O) groups excluding carboxylic acids is 2. The number of nitrogens with one attached hydrogen (secondary N) is 2.